The van der Waals surface area contributed by atoms with E-state index in [1.165, 1.54) is 12.1 Å². The van der Waals surface area contributed by atoms with Crippen LogP contribution in [0.1, 0.15) is 29.9 Å². The number of hydrogen-bond donors (Lipinski definition) is 2. The first-order valence-corrected chi connectivity index (χ1v) is 9.65. The molecule has 6 nitrogen and oxygen atoms in total. The molecule has 2 heterocycles. The highest BCUT2D eigenvalue weighted by Gasteiger charge is 2.24. The summed E-state index contributed by atoms with van der Waals surface area (Å²) in [6.45, 7) is 5.78. The molecule has 0 aliphatic carbocycles. The number of halogens is 1. The molecular weight excluding hydrogens is 385 g/mol. The number of furan rings is 1. The molecule has 154 valence electrons. The first-order valence-electron chi connectivity index (χ1n) is 9.65. The number of fused-ring (bicyclic) bond motifs is 1. The maximum Gasteiger partial charge on any atom is 0.255 e. The summed E-state index contributed by atoms with van der Waals surface area (Å²) in [5, 5.41) is 10.5. The van der Waals surface area contributed by atoms with Crippen LogP contribution in [-0.2, 0) is 0 Å². The van der Waals surface area contributed by atoms with E-state index >= 15 is 0 Å². The van der Waals surface area contributed by atoms with Gasteiger partial charge in [-0.3, -0.25) is 9.89 Å². The lowest BCUT2D eigenvalue weighted by Crippen LogP contribution is -2.18. The van der Waals surface area contributed by atoms with Gasteiger partial charge in [0.05, 0.1) is 17.4 Å². The monoisotopic (exact) mass is 407 g/mol. The standard InChI is InChI=1S/C23H22FN3O3/c1-12(2)29-19-11-17-20(10-16(19)18-9-13(3)26-27-18)30-22(21(17)23(28)25-4)14-5-7-15(24)8-6-14/h5-12H,1-4H3,(H,25,28)(H,26,27). The van der Waals surface area contributed by atoms with Crippen LogP contribution in [0.15, 0.2) is 46.9 Å². The zero-order chi connectivity index (χ0) is 21.4. The van der Waals surface area contributed by atoms with Crippen LogP contribution in [0.25, 0.3) is 33.6 Å². The number of carbonyl (C=O) groups excluding carboxylic acids is 1. The molecule has 2 aromatic carbocycles. The Labute approximate surface area is 173 Å². The first kappa shape index (κ1) is 19.7. The van der Waals surface area contributed by atoms with Gasteiger partial charge >= 0.3 is 0 Å². The molecule has 1 amide bonds. The van der Waals surface area contributed by atoms with Crippen LogP contribution in [0.3, 0.4) is 0 Å². The van der Waals surface area contributed by atoms with Crippen molar-refractivity contribution in [2.75, 3.05) is 7.05 Å². The lowest BCUT2D eigenvalue weighted by atomic mass is 10.0. The van der Waals surface area contributed by atoms with Crippen molar-refractivity contribution < 1.29 is 18.3 Å². The van der Waals surface area contributed by atoms with Crippen LogP contribution >= 0.6 is 0 Å². The SMILES string of the molecule is CNC(=O)c1c(-c2ccc(F)cc2)oc2cc(-c3cc(C)[nH]n3)c(OC(C)C)cc12. The normalized spacial score (nSPS) is 11.3. The van der Waals surface area contributed by atoms with Gasteiger partial charge in [0.2, 0.25) is 0 Å². The summed E-state index contributed by atoms with van der Waals surface area (Å²) in [6, 6.07) is 11.4. The summed E-state index contributed by atoms with van der Waals surface area (Å²) in [5.74, 6) is 0.308. The largest absolute Gasteiger partial charge is 0.490 e. The molecule has 0 unspecified atom stereocenters. The topological polar surface area (TPSA) is 80.2 Å². The van der Waals surface area contributed by atoms with E-state index in [1.807, 2.05) is 32.9 Å². The predicted molar refractivity (Wildman–Crippen MR) is 113 cm³/mol. The maximum atomic E-state index is 13.4. The quantitative estimate of drug-likeness (QED) is 0.483. The highest BCUT2D eigenvalue weighted by Crippen LogP contribution is 2.40. The number of aromatic nitrogens is 2. The second kappa shape index (κ2) is 7.67. The van der Waals surface area contributed by atoms with Crippen molar-refractivity contribution in [3.63, 3.8) is 0 Å². The molecule has 0 fully saturated rings. The Morgan fingerprint density at radius 2 is 1.93 bits per heavy atom. The second-order valence-corrected chi connectivity index (χ2v) is 7.34. The molecule has 2 aromatic heterocycles. The Hall–Kier alpha value is -3.61. The van der Waals surface area contributed by atoms with E-state index < -0.39 is 0 Å². The molecule has 0 aliphatic heterocycles. The lowest BCUT2D eigenvalue weighted by molar-refractivity contribution is 0.0964. The Kier molecular flexibility index (Phi) is 5.03. The van der Waals surface area contributed by atoms with E-state index in [-0.39, 0.29) is 17.8 Å². The van der Waals surface area contributed by atoms with Crippen LogP contribution in [-0.4, -0.2) is 29.3 Å². The third-order valence-electron chi connectivity index (χ3n) is 4.70. The summed E-state index contributed by atoms with van der Waals surface area (Å²) >= 11 is 0. The molecule has 30 heavy (non-hydrogen) atoms. The number of rotatable bonds is 5. The van der Waals surface area contributed by atoms with E-state index in [1.54, 1.807) is 25.2 Å². The molecule has 0 atom stereocenters. The Morgan fingerprint density at radius 1 is 1.20 bits per heavy atom. The van der Waals surface area contributed by atoms with E-state index in [9.17, 15) is 9.18 Å². The maximum absolute atomic E-state index is 13.4. The zero-order valence-corrected chi connectivity index (χ0v) is 17.2. The summed E-state index contributed by atoms with van der Waals surface area (Å²) in [7, 11) is 1.56. The number of nitrogens with zero attached hydrogens (tertiary/aromatic N) is 1. The van der Waals surface area contributed by atoms with Crippen molar-refractivity contribution in [2.24, 2.45) is 0 Å². The molecule has 7 heteroatoms. The van der Waals surface area contributed by atoms with Crippen molar-refractivity contribution in [3.05, 3.63) is 59.5 Å². The number of aromatic amines is 1. The van der Waals surface area contributed by atoms with Crippen LogP contribution in [0.2, 0.25) is 0 Å². The number of ether oxygens (including phenoxy) is 1. The second-order valence-electron chi connectivity index (χ2n) is 7.34. The van der Waals surface area contributed by atoms with Gasteiger partial charge in [-0.05, 0) is 63.2 Å². The van der Waals surface area contributed by atoms with Crippen molar-refractivity contribution in [3.8, 4) is 28.3 Å². The summed E-state index contributed by atoms with van der Waals surface area (Å²) in [6.07, 6.45) is -0.0758. The molecule has 0 radical (unpaired) electrons. The Balaban J connectivity index is 2.00. The highest BCUT2D eigenvalue weighted by molar-refractivity contribution is 6.12. The third-order valence-corrected chi connectivity index (χ3v) is 4.70. The third kappa shape index (κ3) is 3.54. The van der Waals surface area contributed by atoms with Gasteiger partial charge in [0.25, 0.3) is 5.91 Å². The zero-order valence-electron chi connectivity index (χ0n) is 17.2. The molecular formula is C23H22FN3O3. The number of H-pyrrole nitrogens is 1. The van der Waals surface area contributed by atoms with Gasteiger partial charge in [-0.25, -0.2) is 4.39 Å². The average Bonchev–Trinajstić information content (AvgIpc) is 3.30. The van der Waals surface area contributed by atoms with Crippen molar-refractivity contribution in [1.82, 2.24) is 15.5 Å². The number of amides is 1. The van der Waals surface area contributed by atoms with Crippen molar-refractivity contribution in [2.45, 2.75) is 26.9 Å². The Morgan fingerprint density at radius 3 is 2.53 bits per heavy atom. The number of nitrogens with one attached hydrogen (secondary N) is 2. The molecule has 0 saturated heterocycles. The van der Waals surface area contributed by atoms with Crippen molar-refractivity contribution >= 4 is 16.9 Å². The number of carbonyl (C=O) groups is 1. The fourth-order valence-corrected chi connectivity index (χ4v) is 3.39. The van der Waals surface area contributed by atoms with Gasteiger partial charge in [-0.15, -0.1) is 0 Å². The minimum absolute atomic E-state index is 0.0758. The van der Waals surface area contributed by atoms with E-state index in [0.717, 1.165) is 11.3 Å². The number of benzene rings is 2. The minimum Gasteiger partial charge on any atom is -0.490 e. The molecule has 4 aromatic rings. The molecule has 2 N–H and O–H groups in total. The average molecular weight is 407 g/mol. The summed E-state index contributed by atoms with van der Waals surface area (Å²) in [5.41, 5.74) is 3.87. The van der Waals surface area contributed by atoms with Crippen LogP contribution in [0.4, 0.5) is 4.39 Å². The fourth-order valence-electron chi connectivity index (χ4n) is 3.39. The smallest absolute Gasteiger partial charge is 0.255 e. The molecule has 0 bridgehead atoms. The minimum atomic E-state index is -0.361. The van der Waals surface area contributed by atoms with Gasteiger partial charge in [0.1, 0.15) is 22.9 Å². The van der Waals surface area contributed by atoms with E-state index in [2.05, 4.69) is 15.5 Å². The molecule has 4 rings (SSSR count). The number of hydrogen-bond acceptors (Lipinski definition) is 4. The molecule has 0 saturated carbocycles. The van der Waals surface area contributed by atoms with Gasteiger partial charge in [-0.1, -0.05) is 0 Å². The van der Waals surface area contributed by atoms with E-state index in [4.69, 9.17) is 9.15 Å². The van der Waals surface area contributed by atoms with E-state index in [0.29, 0.717) is 39.3 Å². The van der Waals surface area contributed by atoms with Gasteiger partial charge in [-0.2, -0.15) is 5.10 Å². The first-order chi connectivity index (χ1) is 14.4. The molecule has 0 aliphatic rings. The Bertz CT molecular complexity index is 1220. The lowest BCUT2D eigenvalue weighted by Gasteiger charge is -2.13. The summed E-state index contributed by atoms with van der Waals surface area (Å²) in [4.78, 5) is 12.7. The summed E-state index contributed by atoms with van der Waals surface area (Å²) < 4.78 is 25.6. The van der Waals surface area contributed by atoms with Crippen LogP contribution in [0, 0.1) is 12.7 Å². The number of aryl methyl sites for hydroxylation is 1. The van der Waals surface area contributed by atoms with Gasteiger partial charge < -0.3 is 14.5 Å². The van der Waals surface area contributed by atoms with Crippen LogP contribution in [0.5, 0.6) is 5.75 Å². The van der Waals surface area contributed by atoms with Crippen LogP contribution < -0.4 is 10.1 Å². The highest BCUT2D eigenvalue weighted by atomic mass is 19.1. The van der Waals surface area contributed by atoms with Gasteiger partial charge in [0, 0.05) is 29.3 Å². The van der Waals surface area contributed by atoms with Crippen molar-refractivity contribution in [1.29, 1.82) is 0 Å². The fraction of sp³-hybridized carbons (Fsp3) is 0.217. The predicted octanol–water partition coefficient (Wildman–Crippen LogP) is 5.08. The van der Waals surface area contributed by atoms with Gasteiger partial charge in [0.15, 0.2) is 0 Å². The molecule has 0 spiro atoms.